The van der Waals surface area contributed by atoms with Gasteiger partial charge in [0.25, 0.3) is 0 Å². The highest BCUT2D eigenvalue weighted by molar-refractivity contribution is 5.44. The zero-order valence-corrected chi connectivity index (χ0v) is 12.6. The monoisotopic (exact) mass is 310 g/mol. The highest BCUT2D eigenvalue weighted by atomic mass is 16.3. The fourth-order valence-corrected chi connectivity index (χ4v) is 2.87. The van der Waals surface area contributed by atoms with Crippen LogP contribution in [0.25, 0.3) is 5.65 Å². The second-order valence-corrected chi connectivity index (χ2v) is 5.91. The van der Waals surface area contributed by atoms with Crippen molar-refractivity contribution in [3.63, 3.8) is 0 Å². The Hall–Kier alpha value is -2.67. The zero-order chi connectivity index (χ0) is 15.8. The molecule has 3 aromatic heterocycles. The van der Waals surface area contributed by atoms with Gasteiger partial charge in [0.15, 0.2) is 0 Å². The number of aliphatic hydroxyl groups is 1. The van der Waals surface area contributed by atoms with Gasteiger partial charge in [0, 0.05) is 24.4 Å². The van der Waals surface area contributed by atoms with Crippen molar-refractivity contribution in [1.82, 2.24) is 19.4 Å². The molecule has 3 heterocycles. The van der Waals surface area contributed by atoms with Crippen LogP contribution in [0.5, 0.6) is 0 Å². The summed E-state index contributed by atoms with van der Waals surface area (Å²) in [5.74, 6) is 1.21. The number of aromatic nitrogens is 4. The van der Waals surface area contributed by atoms with Crippen molar-refractivity contribution < 1.29 is 5.11 Å². The van der Waals surface area contributed by atoms with Gasteiger partial charge in [-0.25, -0.2) is 9.97 Å². The Balaban J connectivity index is 1.49. The number of anilines is 2. The number of hydrogen-bond acceptors (Lipinski definition) is 6. The van der Waals surface area contributed by atoms with Gasteiger partial charge in [-0.15, -0.1) is 0 Å². The molecule has 0 radical (unpaired) electrons. The molecule has 4 N–H and O–H groups in total. The Morgan fingerprint density at radius 2 is 2.13 bits per heavy atom. The summed E-state index contributed by atoms with van der Waals surface area (Å²) < 4.78 is 1.98. The SMILES string of the molecule is Nc1nc(NCc2cn3ccccc3n2)cc(C2CC(O)C2)n1. The standard InChI is InChI=1S/C16H18N6O/c17-16-20-13(10-5-12(23)6-10)7-14(21-16)18-8-11-9-22-4-2-1-3-15(22)19-11/h1-4,7,9-10,12,23H,5-6,8H2,(H3,17,18,20,21). The minimum absolute atomic E-state index is 0.217. The average molecular weight is 310 g/mol. The lowest BCUT2D eigenvalue weighted by atomic mass is 9.80. The molecule has 1 saturated carbocycles. The molecule has 0 aromatic carbocycles. The molecule has 1 fully saturated rings. The molecule has 3 aromatic rings. The molecule has 0 saturated heterocycles. The fraction of sp³-hybridized carbons (Fsp3) is 0.312. The first kappa shape index (κ1) is 14.0. The molecule has 0 aliphatic heterocycles. The first-order chi connectivity index (χ1) is 11.2. The van der Waals surface area contributed by atoms with Crippen molar-refractivity contribution in [3.8, 4) is 0 Å². The van der Waals surface area contributed by atoms with E-state index in [4.69, 9.17) is 5.73 Å². The lowest BCUT2D eigenvalue weighted by Crippen LogP contribution is -2.27. The molecule has 0 atom stereocenters. The van der Waals surface area contributed by atoms with E-state index in [1.165, 1.54) is 0 Å². The molecule has 0 unspecified atom stereocenters. The van der Waals surface area contributed by atoms with Gasteiger partial charge in [-0.1, -0.05) is 6.07 Å². The summed E-state index contributed by atoms with van der Waals surface area (Å²) in [6.07, 6.45) is 5.21. The van der Waals surface area contributed by atoms with Gasteiger partial charge in [0.05, 0.1) is 24.0 Å². The summed E-state index contributed by atoms with van der Waals surface area (Å²) in [4.78, 5) is 13.0. The topological polar surface area (TPSA) is 101 Å². The van der Waals surface area contributed by atoms with Crippen molar-refractivity contribution in [2.45, 2.75) is 31.4 Å². The number of pyridine rings is 1. The number of imidazole rings is 1. The highest BCUT2D eigenvalue weighted by Gasteiger charge is 2.30. The van der Waals surface area contributed by atoms with Gasteiger partial charge >= 0.3 is 0 Å². The summed E-state index contributed by atoms with van der Waals surface area (Å²) in [6.45, 7) is 0.560. The Bertz CT molecular complexity index is 806. The summed E-state index contributed by atoms with van der Waals surface area (Å²) in [6, 6.07) is 7.80. The number of nitrogens with one attached hydrogen (secondary N) is 1. The number of hydrogen-bond donors (Lipinski definition) is 3. The first-order valence-electron chi connectivity index (χ1n) is 7.66. The van der Waals surface area contributed by atoms with Crippen molar-refractivity contribution in [2.24, 2.45) is 0 Å². The van der Waals surface area contributed by atoms with Crippen molar-refractivity contribution in [2.75, 3.05) is 11.1 Å². The van der Waals surface area contributed by atoms with Crippen molar-refractivity contribution in [3.05, 3.63) is 48.0 Å². The molecule has 7 heteroatoms. The van der Waals surface area contributed by atoms with Gasteiger partial charge < -0.3 is 20.6 Å². The maximum absolute atomic E-state index is 9.44. The van der Waals surface area contributed by atoms with Gasteiger partial charge in [-0.05, 0) is 25.0 Å². The third kappa shape index (κ3) is 2.83. The first-order valence-corrected chi connectivity index (χ1v) is 7.66. The average Bonchev–Trinajstić information content (AvgIpc) is 2.92. The number of nitrogens with zero attached hydrogens (tertiary/aromatic N) is 4. The second-order valence-electron chi connectivity index (χ2n) is 5.91. The molecule has 23 heavy (non-hydrogen) atoms. The molecule has 0 spiro atoms. The van der Waals surface area contributed by atoms with E-state index < -0.39 is 0 Å². The maximum Gasteiger partial charge on any atom is 0.222 e. The third-order valence-electron chi connectivity index (χ3n) is 4.16. The van der Waals surface area contributed by atoms with Crippen LogP contribution in [0.2, 0.25) is 0 Å². The van der Waals surface area contributed by atoms with E-state index in [0.29, 0.717) is 12.4 Å². The summed E-state index contributed by atoms with van der Waals surface area (Å²) in [7, 11) is 0. The minimum Gasteiger partial charge on any atom is -0.393 e. The van der Waals surface area contributed by atoms with E-state index in [1.807, 2.05) is 41.1 Å². The van der Waals surface area contributed by atoms with E-state index in [9.17, 15) is 5.11 Å². The van der Waals surface area contributed by atoms with Crippen LogP contribution in [0.4, 0.5) is 11.8 Å². The van der Waals surface area contributed by atoms with Gasteiger partial charge in [0.1, 0.15) is 11.5 Å². The Labute approximate surface area is 133 Å². The number of nitrogens with two attached hydrogens (primary N) is 1. The van der Waals surface area contributed by atoms with Crippen LogP contribution >= 0.6 is 0 Å². The van der Waals surface area contributed by atoms with E-state index in [0.717, 1.165) is 29.9 Å². The minimum atomic E-state index is -0.217. The van der Waals surface area contributed by atoms with E-state index >= 15 is 0 Å². The number of aliphatic hydroxyl groups excluding tert-OH is 1. The Morgan fingerprint density at radius 1 is 1.26 bits per heavy atom. The zero-order valence-electron chi connectivity index (χ0n) is 12.6. The van der Waals surface area contributed by atoms with Crippen LogP contribution in [0, 0.1) is 0 Å². The van der Waals surface area contributed by atoms with E-state index in [2.05, 4.69) is 20.3 Å². The lowest BCUT2D eigenvalue weighted by Gasteiger charge is -2.30. The second kappa shape index (κ2) is 5.51. The molecular formula is C16H18N6O. The van der Waals surface area contributed by atoms with Crippen LogP contribution in [0.15, 0.2) is 36.7 Å². The van der Waals surface area contributed by atoms with Crippen LogP contribution in [-0.4, -0.2) is 30.6 Å². The van der Waals surface area contributed by atoms with Crippen molar-refractivity contribution in [1.29, 1.82) is 0 Å². The molecule has 7 nitrogen and oxygen atoms in total. The predicted octanol–water partition coefficient (Wildman–Crippen LogP) is 1.56. The van der Waals surface area contributed by atoms with Crippen LogP contribution < -0.4 is 11.1 Å². The summed E-state index contributed by atoms with van der Waals surface area (Å²) in [5.41, 5.74) is 8.52. The molecule has 0 amide bonds. The quantitative estimate of drug-likeness (QED) is 0.676. The van der Waals surface area contributed by atoms with Gasteiger partial charge in [0.2, 0.25) is 5.95 Å². The molecular weight excluding hydrogens is 292 g/mol. The third-order valence-corrected chi connectivity index (χ3v) is 4.16. The number of rotatable bonds is 4. The van der Waals surface area contributed by atoms with Crippen LogP contribution in [0.3, 0.4) is 0 Å². The Morgan fingerprint density at radius 3 is 2.91 bits per heavy atom. The van der Waals surface area contributed by atoms with E-state index in [-0.39, 0.29) is 18.0 Å². The van der Waals surface area contributed by atoms with Crippen molar-refractivity contribution >= 4 is 17.4 Å². The van der Waals surface area contributed by atoms with Crippen LogP contribution in [-0.2, 0) is 6.54 Å². The van der Waals surface area contributed by atoms with Gasteiger partial charge in [-0.2, -0.15) is 4.98 Å². The predicted molar refractivity (Wildman–Crippen MR) is 86.9 cm³/mol. The molecule has 1 aliphatic carbocycles. The summed E-state index contributed by atoms with van der Waals surface area (Å²) in [5, 5.41) is 12.7. The molecule has 1 aliphatic rings. The van der Waals surface area contributed by atoms with Gasteiger partial charge in [-0.3, -0.25) is 0 Å². The smallest absolute Gasteiger partial charge is 0.222 e. The maximum atomic E-state index is 9.44. The largest absolute Gasteiger partial charge is 0.393 e. The number of fused-ring (bicyclic) bond motifs is 1. The fourth-order valence-electron chi connectivity index (χ4n) is 2.87. The molecule has 118 valence electrons. The lowest BCUT2D eigenvalue weighted by molar-refractivity contribution is 0.0732. The van der Waals surface area contributed by atoms with E-state index in [1.54, 1.807) is 0 Å². The number of nitrogen functional groups attached to an aromatic ring is 1. The Kier molecular flexibility index (Phi) is 3.34. The molecule has 0 bridgehead atoms. The van der Waals surface area contributed by atoms with Crippen LogP contribution in [0.1, 0.15) is 30.1 Å². The summed E-state index contributed by atoms with van der Waals surface area (Å²) >= 11 is 0. The normalized spacial score (nSPS) is 20.4. The highest BCUT2D eigenvalue weighted by Crippen LogP contribution is 2.36. The molecule has 4 rings (SSSR count).